The normalized spacial score (nSPS) is 10.5. The van der Waals surface area contributed by atoms with E-state index in [0.29, 0.717) is 12.1 Å². The van der Waals surface area contributed by atoms with Gasteiger partial charge in [0.25, 0.3) is 5.91 Å². The molecule has 3 aromatic rings. The van der Waals surface area contributed by atoms with Crippen LogP contribution in [0.2, 0.25) is 0 Å². The number of hydrogen-bond donors (Lipinski definition) is 1. The highest BCUT2D eigenvalue weighted by Crippen LogP contribution is 2.12. The fourth-order valence-electron chi connectivity index (χ4n) is 2.15. The number of aryl methyl sites for hydroxylation is 1. The van der Waals surface area contributed by atoms with Crippen LogP contribution in [-0.4, -0.2) is 15.9 Å². The largest absolute Gasteiger partial charge is 0.346 e. The molecule has 3 rings (SSSR count). The van der Waals surface area contributed by atoms with Gasteiger partial charge < -0.3 is 5.32 Å². The van der Waals surface area contributed by atoms with Crippen LogP contribution in [0, 0.1) is 6.92 Å². The predicted molar refractivity (Wildman–Crippen MR) is 81.9 cm³/mol. The molecule has 0 aliphatic rings. The Bertz CT molecular complexity index is 784. The molecule has 0 aliphatic carbocycles. The first-order chi connectivity index (χ1) is 10.2. The van der Waals surface area contributed by atoms with E-state index >= 15 is 0 Å². The van der Waals surface area contributed by atoms with Crippen molar-refractivity contribution < 1.29 is 4.79 Å². The zero-order valence-electron chi connectivity index (χ0n) is 11.7. The fourth-order valence-corrected chi connectivity index (χ4v) is 2.15. The fraction of sp³-hybridized carbons (Fsp3) is 0.118. The Morgan fingerprint density at radius 2 is 1.57 bits per heavy atom. The number of fused-ring (bicyclic) bond motifs is 1. The number of carbonyl (C=O) groups is 1. The van der Waals surface area contributed by atoms with Gasteiger partial charge in [-0.2, -0.15) is 0 Å². The average molecular weight is 277 g/mol. The van der Waals surface area contributed by atoms with Crippen molar-refractivity contribution in [2.45, 2.75) is 13.5 Å². The van der Waals surface area contributed by atoms with Gasteiger partial charge in [0.15, 0.2) is 0 Å². The second-order valence-electron chi connectivity index (χ2n) is 4.79. The van der Waals surface area contributed by atoms with Gasteiger partial charge in [0, 0.05) is 5.56 Å². The van der Waals surface area contributed by atoms with Gasteiger partial charge in [-0.25, -0.2) is 9.97 Å². The number of benzene rings is 2. The third kappa shape index (κ3) is 2.89. The summed E-state index contributed by atoms with van der Waals surface area (Å²) in [5.41, 5.74) is 3.98. The lowest BCUT2D eigenvalue weighted by atomic mass is 10.2. The van der Waals surface area contributed by atoms with E-state index in [2.05, 4.69) is 15.3 Å². The molecule has 4 heteroatoms. The highest BCUT2D eigenvalue weighted by molar-refractivity contribution is 5.94. The lowest BCUT2D eigenvalue weighted by molar-refractivity contribution is 0.0950. The summed E-state index contributed by atoms with van der Waals surface area (Å²) in [6, 6.07) is 16.9. The maximum absolute atomic E-state index is 12.0. The summed E-state index contributed by atoms with van der Waals surface area (Å²) < 4.78 is 0. The van der Waals surface area contributed by atoms with Crippen LogP contribution in [0.3, 0.4) is 0 Å². The van der Waals surface area contributed by atoms with Gasteiger partial charge in [0.05, 0.1) is 29.0 Å². The van der Waals surface area contributed by atoms with Crippen LogP contribution in [0.15, 0.2) is 54.6 Å². The van der Waals surface area contributed by atoms with Crippen molar-refractivity contribution in [1.82, 2.24) is 15.3 Å². The Hall–Kier alpha value is -2.75. The number of hydrogen-bond acceptors (Lipinski definition) is 3. The Morgan fingerprint density at radius 1 is 0.952 bits per heavy atom. The first-order valence-corrected chi connectivity index (χ1v) is 6.79. The molecular formula is C17H15N3O. The van der Waals surface area contributed by atoms with Crippen LogP contribution in [0.1, 0.15) is 21.7 Å². The minimum absolute atomic E-state index is 0.107. The van der Waals surface area contributed by atoms with Gasteiger partial charge in [0.2, 0.25) is 0 Å². The highest BCUT2D eigenvalue weighted by atomic mass is 16.1. The van der Waals surface area contributed by atoms with E-state index in [1.54, 1.807) is 12.1 Å². The predicted octanol–water partition coefficient (Wildman–Crippen LogP) is 2.87. The number of rotatable bonds is 3. The van der Waals surface area contributed by atoms with Crippen LogP contribution in [-0.2, 0) is 6.54 Å². The van der Waals surface area contributed by atoms with Crippen molar-refractivity contribution in [3.63, 3.8) is 0 Å². The minimum Gasteiger partial charge on any atom is -0.346 e. The Morgan fingerprint density at radius 3 is 2.29 bits per heavy atom. The van der Waals surface area contributed by atoms with E-state index in [-0.39, 0.29) is 5.91 Å². The quantitative estimate of drug-likeness (QED) is 0.801. The summed E-state index contributed by atoms with van der Waals surface area (Å²) >= 11 is 0. The second-order valence-corrected chi connectivity index (χ2v) is 4.79. The van der Waals surface area contributed by atoms with Crippen molar-refractivity contribution in [3.8, 4) is 0 Å². The third-order valence-corrected chi connectivity index (χ3v) is 3.30. The molecule has 2 aromatic carbocycles. The van der Waals surface area contributed by atoms with Gasteiger partial charge in [0.1, 0.15) is 0 Å². The van der Waals surface area contributed by atoms with Crippen LogP contribution in [0.5, 0.6) is 0 Å². The molecule has 0 saturated heterocycles. The van der Waals surface area contributed by atoms with E-state index < -0.39 is 0 Å². The topological polar surface area (TPSA) is 54.9 Å². The van der Waals surface area contributed by atoms with E-state index in [4.69, 9.17) is 0 Å². The molecule has 1 heterocycles. The van der Waals surface area contributed by atoms with E-state index in [0.717, 1.165) is 22.4 Å². The maximum atomic E-state index is 12.0. The molecule has 0 saturated carbocycles. The molecule has 0 radical (unpaired) electrons. The molecule has 4 nitrogen and oxygen atoms in total. The van der Waals surface area contributed by atoms with E-state index in [1.165, 1.54) is 0 Å². The molecule has 0 bridgehead atoms. The van der Waals surface area contributed by atoms with Gasteiger partial charge in [-0.05, 0) is 31.2 Å². The maximum Gasteiger partial charge on any atom is 0.251 e. The van der Waals surface area contributed by atoms with Crippen LogP contribution < -0.4 is 5.32 Å². The number of amides is 1. The lowest BCUT2D eigenvalue weighted by Gasteiger charge is -2.08. The summed E-state index contributed by atoms with van der Waals surface area (Å²) in [6.45, 7) is 2.28. The van der Waals surface area contributed by atoms with Crippen LogP contribution >= 0.6 is 0 Å². The van der Waals surface area contributed by atoms with Crippen molar-refractivity contribution in [2.75, 3.05) is 0 Å². The van der Waals surface area contributed by atoms with Gasteiger partial charge in [-0.1, -0.05) is 30.3 Å². The summed E-state index contributed by atoms with van der Waals surface area (Å²) in [7, 11) is 0. The van der Waals surface area contributed by atoms with E-state index in [9.17, 15) is 4.79 Å². The molecule has 21 heavy (non-hydrogen) atoms. The smallest absolute Gasteiger partial charge is 0.251 e. The number of para-hydroxylation sites is 2. The first-order valence-electron chi connectivity index (χ1n) is 6.79. The number of carbonyl (C=O) groups excluding carboxylic acids is 1. The van der Waals surface area contributed by atoms with Crippen molar-refractivity contribution in [2.24, 2.45) is 0 Å². The number of aromatic nitrogens is 2. The third-order valence-electron chi connectivity index (χ3n) is 3.30. The van der Waals surface area contributed by atoms with Crippen molar-refractivity contribution in [3.05, 3.63) is 71.5 Å². The van der Waals surface area contributed by atoms with Gasteiger partial charge in [-0.15, -0.1) is 0 Å². The molecule has 104 valence electrons. The van der Waals surface area contributed by atoms with Gasteiger partial charge in [-0.3, -0.25) is 4.79 Å². The number of nitrogens with one attached hydrogen (secondary N) is 1. The molecular weight excluding hydrogens is 262 g/mol. The molecule has 0 fully saturated rings. The molecule has 0 atom stereocenters. The average Bonchev–Trinajstić information content (AvgIpc) is 2.53. The van der Waals surface area contributed by atoms with Crippen LogP contribution in [0.4, 0.5) is 0 Å². The standard InChI is InChI=1S/C17H15N3O/c1-12-16(20-15-10-6-5-9-14(15)19-12)11-18-17(21)13-7-3-2-4-8-13/h2-10H,11H2,1H3,(H,18,21). The number of nitrogens with zero attached hydrogens (tertiary/aromatic N) is 2. The summed E-state index contributed by atoms with van der Waals surface area (Å²) in [5, 5.41) is 2.88. The second kappa shape index (κ2) is 5.71. The summed E-state index contributed by atoms with van der Waals surface area (Å²) in [5.74, 6) is -0.107. The zero-order chi connectivity index (χ0) is 14.7. The highest BCUT2D eigenvalue weighted by Gasteiger charge is 2.08. The van der Waals surface area contributed by atoms with Crippen LogP contribution in [0.25, 0.3) is 11.0 Å². The molecule has 0 unspecified atom stereocenters. The van der Waals surface area contributed by atoms with Crippen molar-refractivity contribution in [1.29, 1.82) is 0 Å². The Balaban J connectivity index is 1.79. The summed E-state index contributed by atoms with van der Waals surface area (Å²) in [4.78, 5) is 21.1. The molecule has 0 aliphatic heterocycles. The zero-order valence-corrected chi connectivity index (χ0v) is 11.7. The van der Waals surface area contributed by atoms with Crippen molar-refractivity contribution >= 4 is 16.9 Å². The molecule has 1 aromatic heterocycles. The van der Waals surface area contributed by atoms with E-state index in [1.807, 2.05) is 49.4 Å². The summed E-state index contributed by atoms with van der Waals surface area (Å²) in [6.07, 6.45) is 0. The molecule has 1 N–H and O–H groups in total. The Labute approximate surface area is 122 Å². The molecule has 0 spiro atoms. The Kier molecular flexibility index (Phi) is 3.60. The first kappa shape index (κ1) is 13.2. The lowest BCUT2D eigenvalue weighted by Crippen LogP contribution is -2.24. The molecule has 1 amide bonds. The minimum atomic E-state index is -0.107. The SMILES string of the molecule is Cc1nc2ccccc2nc1CNC(=O)c1ccccc1. The van der Waals surface area contributed by atoms with Gasteiger partial charge >= 0.3 is 0 Å². The monoisotopic (exact) mass is 277 g/mol.